The van der Waals surface area contributed by atoms with Gasteiger partial charge in [0.2, 0.25) is 7.37 Å². The van der Waals surface area contributed by atoms with Gasteiger partial charge in [-0.1, -0.05) is 27.0 Å². The Hall–Kier alpha value is -1.02. The third-order valence-corrected chi connectivity index (χ3v) is 4.06. The number of carboxylic acids is 1. The van der Waals surface area contributed by atoms with Crippen molar-refractivity contribution in [3.63, 3.8) is 0 Å². The molecular weight excluding hydrogens is 215 g/mol. The second-order valence-corrected chi connectivity index (χ2v) is 5.91. The zero-order valence-electron chi connectivity index (χ0n) is 9.52. The van der Waals surface area contributed by atoms with Gasteiger partial charge in [-0.05, 0) is 6.92 Å². The lowest BCUT2D eigenvalue weighted by molar-refractivity contribution is -0.132. The topological polar surface area (TPSA) is 63.6 Å². The number of hydrogen-bond acceptors (Lipinski definition) is 3. The molecule has 5 heteroatoms. The van der Waals surface area contributed by atoms with Crippen molar-refractivity contribution >= 4 is 13.3 Å². The molecule has 0 amide bonds. The molecule has 0 saturated carbocycles. The molecule has 0 fully saturated rings. The van der Waals surface area contributed by atoms with Crippen LogP contribution in [-0.2, 0) is 13.9 Å². The molecule has 0 rings (SSSR count). The Bertz CT molecular complexity index is 251. The van der Waals surface area contributed by atoms with E-state index in [0.29, 0.717) is 12.3 Å². The van der Waals surface area contributed by atoms with E-state index in [-0.39, 0.29) is 5.57 Å². The van der Waals surface area contributed by atoms with Crippen molar-refractivity contribution < 1.29 is 19.0 Å². The highest BCUT2D eigenvalue weighted by Gasteiger charge is 2.15. The predicted molar refractivity (Wildman–Crippen MR) is 62.4 cm³/mol. The fourth-order valence-electron chi connectivity index (χ4n) is 0.509. The molecule has 0 radical (unpaired) electrons. The minimum absolute atomic E-state index is 0.176. The summed E-state index contributed by atoms with van der Waals surface area (Å²) in [7, 11) is -2.30. The normalized spacial score (nSPS) is 9.53. The molecule has 0 unspecified atom stereocenters. The van der Waals surface area contributed by atoms with Crippen LogP contribution in [0.2, 0.25) is 0 Å². The summed E-state index contributed by atoms with van der Waals surface area (Å²) >= 11 is 0. The van der Waals surface area contributed by atoms with Crippen LogP contribution in [0.3, 0.4) is 0 Å². The van der Waals surface area contributed by atoms with E-state index in [0.717, 1.165) is 0 Å². The molecule has 0 spiro atoms. The summed E-state index contributed by atoms with van der Waals surface area (Å²) in [6, 6.07) is 0. The Balaban J connectivity index is 0. The van der Waals surface area contributed by atoms with Crippen molar-refractivity contribution in [3.05, 3.63) is 25.0 Å². The summed E-state index contributed by atoms with van der Waals surface area (Å²) in [4.78, 5) is 9.60. The summed E-state index contributed by atoms with van der Waals surface area (Å²) < 4.78 is 16.1. The molecule has 15 heavy (non-hydrogen) atoms. The van der Waals surface area contributed by atoms with Crippen molar-refractivity contribution in [2.24, 2.45) is 0 Å². The number of carboxylic acid groups (broad SMARTS) is 1. The lowest BCUT2D eigenvalue weighted by atomic mass is 10.4. The third kappa shape index (κ3) is 9.29. The second-order valence-electron chi connectivity index (χ2n) is 2.80. The van der Waals surface area contributed by atoms with Gasteiger partial charge in [0.05, 0.1) is 6.26 Å². The average Bonchev–Trinajstić information content (AvgIpc) is 2.19. The van der Waals surface area contributed by atoms with E-state index in [2.05, 4.69) is 13.2 Å². The largest absolute Gasteiger partial charge is 0.478 e. The quantitative estimate of drug-likeness (QED) is 0.451. The average molecular weight is 234 g/mol. The maximum atomic E-state index is 11.3. The fourth-order valence-corrected chi connectivity index (χ4v) is 1.53. The molecule has 0 aromatic heterocycles. The van der Waals surface area contributed by atoms with Crippen molar-refractivity contribution in [2.45, 2.75) is 20.8 Å². The molecule has 0 aromatic rings. The molecular formula is C10H19O4P. The van der Waals surface area contributed by atoms with E-state index in [1.165, 1.54) is 13.2 Å². The number of carbonyl (C=O) groups is 1. The van der Waals surface area contributed by atoms with E-state index in [4.69, 9.17) is 9.63 Å². The summed E-state index contributed by atoms with van der Waals surface area (Å²) in [6.45, 7) is 11.7. The van der Waals surface area contributed by atoms with E-state index in [1.54, 1.807) is 0 Å². The van der Waals surface area contributed by atoms with Gasteiger partial charge in [0, 0.05) is 17.9 Å². The molecule has 1 N–H and O–H groups in total. The summed E-state index contributed by atoms with van der Waals surface area (Å²) in [5, 5.41) is 7.89. The molecule has 0 aromatic carbocycles. The van der Waals surface area contributed by atoms with Gasteiger partial charge in [-0.15, -0.1) is 0 Å². The van der Waals surface area contributed by atoms with Gasteiger partial charge >= 0.3 is 5.97 Å². The van der Waals surface area contributed by atoms with Crippen LogP contribution in [0.4, 0.5) is 0 Å². The first kappa shape index (κ1) is 16.4. The van der Waals surface area contributed by atoms with Gasteiger partial charge in [-0.25, -0.2) is 4.79 Å². The molecule has 4 nitrogen and oxygen atoms in total. The summed E-state index contributed by atoms with van der Waals surface area (Å²) in [5.41, 5.74) is 0.176. The standard InChI is InChI=1S/C6H13O2P.C4H6O2/c1-4-8-9(7,5-2)6-3;1-3(2)4(5)6/h4H,1,5-6H2,2-3H3;1H2,2H3,(H,5,6). The Morgan fingerprint density at radius 3 is 1.87 bits per heavy atom. The molecule has 88 valence electrons. The van der Waals surface area contributed by atoms with E-state index in [1.807, 2.05) is 13.8 Å². The molecule has 0 bridgehead atoms. The van der Waals surface area contributed by atoms with Gasteiger partial charge in [-0.2, -0.15) is 0 Å². The van der Waals surface area contributed by atoms with Gasteiger partial charge in [0.25, 0.3) is 0 Å². The first-order valence-electron chi connectivity index (χ1n) is 4.59. The lowest BCUT2D eigenvalue weighted by Crippen LogP contribution is -1.92. The first-order chi connectivity index (χ1) is 6.82. The molecule has 0 aliphatic heterocycles. The second kappa shape index (κ2) is 8.30. The summed E-state index contributed by atoms with van der Waals surface area (Å²) in [5.74, 6) is -0.935. The van der Waals surface area contributed by atoms with Crippen molar-refractivity contribution in [2.75, 3.05) is 12.3 Å². The molecule has 0 aliphatic carbocycles. The number of rotatable bonds is 5. The van der Waals surface area contributed by atoms with Crippen LogP contribution in [0.25, 0.3) is 0 Å². The molecule has 0 atom stereocenters. The van der Waals surface area contributed by atoms with Crippen LogP contribution in [0, 0.1) is 0 Å². The van der Waals surface area contributed by atoms with Crippen LogP contribution in [0.15, 0.2) is 25.0 Å². The summed E-state index contributed by atoms with van der Waals surface area (Å²) in [6.07, 6.45) is 2.44. The maximum Gasteiger partial charge on any atom is 0.330 e. The Morgan fingerprint density at radius 2 is 1.80 bits per heavy atom. The smallest absolute Gasteiger partial charge is 0.330 e. The zero-order valence-corrected chi connectivity index (χ0v) is 10.4. The van der Waals surface area contributed by atoms with E-state index >= 15 is 0 Å². The lowest BCUT2D eigenvalue weighted by Gasteiger charge is -2.11. The monoisotopic (exact) mass is 234 g/mol. The fraction of sp³-hybridized carbons (Fsp3) is 0.500. The number of hydrogen-bond donors (Lipinski definition) is 1. The van der Waals surface area contributed by atoms with Crippen LogP contribution >= 0.6 is 7.37 Å². The van der Waals surface area contributed by atoms with E-state index < -0.39 is 13.3 Å². The number of aliphatic carboxylic acids is 1. The minimum atomic E-state index is -2.30. The Morgan fingerprint density at radius 1 is 1.47 bits per heavy atom. The third-order valence-electron chi connectivity index (χ3n) is 1.60. The predicted octanol–water partition coefficient (Wildman–Crippen LogP) is 3.11. The van der Waals surface area contributed by atoms with Crippen molar-refractivity contribution in [3.8, 4) is 0 Å². The van der Waals surface area contributed by atoms with Crippen LogP contribution in [0.1, 0.15) is 20.8 Å². The van der Waals surface area contributed by atoms with Crippen LogP contribution in [-0.4, -0.2) is 23.4 Å². The highest BCUT2D eigenvalue weighted by atomic mass is 31.2. The zero-order chi connectivity index (χ0) is 12.5. The molecule has 0 aliphatic rings. The molecule has 0 heterocycles. The Labute approximate surface area is 91.1 Å². The Kier molecular flexibility index (Phi) is 9.08. The van der Waals surface area contributed by atoms with Gasteiger partial charge in [0.15, 0.2) is 0 Å². The molecule has 0 saturated heterocycles. The van der Waals surface area contributed by atoms with Crippen molar-refractivity contribution in [1.82, 2.24) is 0 Å². The first-order valence-corrected chi connectivity index (χ1v) is 6.58. The minimum Gasteiger partial charge on any atom is -0.478 e. The van der Waals surface area contributed by atoms with Crippen LogP contribution < -0.4 is 0 Å². The van der Waals surface area contributed by atoms with Gasteiger partial charge in [0.1, 0.15) is 0 Å². The van der Waals surface area contributed by atoms with Gasteiger partial charge in [-0.3, -0.25) is 4.57 Å². The van der Waals surface area contributed by atoms with Crippen molar-refractivity contribution in [1.29, 1.82) is 0 Å². The van der Waals surface area contributed by atoms with E-state index in [9.17, 15) is 9.36 Å². The van der Waals surface area contributed by atoms with Crippen LogP contribution in [0.5, 0.6) is 0 Å². The maximum absolute atomic E-state index is 11.3. The highest BCUT2D eigenvalue weighted by Crippen LogP contribution is 2.45. The van der Waals surface area contributed by atoms with Gasteiger partial charge < -0.3 is 9.63 Å². The SMILES string of the molecule is C=C(C)C(=O)O.C=COP(=O)(CC)CC. The highest BCUT2D eigenvalue weighted by molar-refractivity contribution is 7.58.